The molecule has 0 radical (unpaired) electrons. The van der Waals surface area contributed by atoms with Crippen LogP contribution in [0.1, 0.15) is 59.3 Å². The highest BCUT2D eigenvalue weighted by molar-refractivity contribution is 5.19. The van der Waals surface area contributed by atoms with Crippen LogP contribution in [0.3, 0.4) is 0 Å². The standard InChI is InChI=1S/C12H20FNO.C11H19NO/c1-10(2)15-9-12-4-3-5-14(12)8-11(6-12)7-13;1-3-13-9-11-5-4-6-12(11)8-10(2)7-11/h7,10H,3-6,8-9H2,1-2H3;2-9H2,1H3/b11-7-;/t12-;11-/m00/s1. The van der Waals surface area contributed by atoms with Crippen LogP contribution in [0.15, 0.2) is 24.1 Å². The zero-order chi connectivity index (χ0) is 20.2. The van der Waals surface area contributed by atoms with E-state index in [9.17, 15) is 4.39 Å². The molecule has 0 N–H and O–H groups in total. The van der Waals surface area contributed by atoms with Crippen LogP contribution in [-0.2, 0) is 9.47 Å². The maximum Gasteiger partial charge on any atom is 0.0872 e. The second kappa shape index (κ2) is 9.38. The van der Waals surface area contributed by atoms with Crippen molar-refractivity contribution < 1.29 is 13.9 Å². The summed E-state index contributed by atoms with van der Waals surface area (Å²) >= 11 is 0. The molecule has 4 aliphatic rings. The van der Waals surface area contributed by atoms with Gasteiger partial charge in [-0.2, -0.15) is 0 Å². The Kier molecular flexibility index (Phi) is 7.35. The molecule has 4 aliphatic heterocycles. The summed E-state index contributed by atoms with van der Waals surface area (Å²) in [6, 6.07) is 0. The lowest BCUT2D eigenvalue weighted by molar-refractivity contribution is 0.00328. The lowest BCUT2D eigenvalue weighted by Crippen LogP contribution is -2.43. The summed E-state index contributed by atoms with van der Waals surface area (Å²) in [5, 5.41) is 0. The number of halogens is 1. The minimum atomic E-state index is 0.113. The molecule has 0 aromatic carbocycles. The molecule has 2 atom stereocenters. The van der Waals surface area contributed by atoms with E-state index in [0.29, 0.717) is 5.54 Å². The molecule has 0 bridgehead atoms. The quantitative estimate of drug-likeness (QED) is 0.627. The molecule has 5 heteroatoms. The Morgan fingerprint density at radius 2 is 1.71 bits per heavy atom. The molecule has 4 rings (SSSR count). The van der Waals surface area contributed by atoms with Crippen LogP contribution in [0.5, 0.6) is 0 Å². The van der Waals surface area contributed by atoms with Crippen molar-refractivity contribution in [2.45, 2.75) is 76.5 Å². The van der Waals surface area contributed by atoms with Crippen molar-refractivity contribution in [3.63, 3.8) is 0 Å². The summed E-state index contributed by atoms with van der Waals surface area (Å²) in [6.07, 6.45) is 8.07. The fourth-order valence-corrected chi connectivity index (χ4v) is 5.51. The van der Waals surface area contributed by atoms with Gasteiger partial charge in [0.2, 0.25) is 0 Å². The molecular formula is C23H39FN2O2. The molecular weight excluding hydrogens is 355 g/mol. The summed E-state index contributed by atoms with van der Waals surface area (Å²) in [4.78, 5) is 4.95. The zero-order valence-electron chi connectivity index (χ0n) is 18.1. The van der Waals surface area contributed by atoms with E-state index in [1.165, 1.54) is 31.4 Å². The molecule has 160 valence electrons. The van der Waals surface area contributed by atoms with Gasteiger partial charge in [-0.1, -0.05) is 12.2 Å². The van der Waals surface area contributed by atoms with Gasteiger partial charge in [-0.15, -0.1) is 0 Å². The number of ether oxygens (including phenoxy) is 2. The van der Waals surface area contributed by atoms with Crippen molar-refractivity contribution in [1.29, 1.82) is 0 Å². The Bertz CT molecular complexity index is 579. The number of hydrogen-bond acceptors (Lipinski definition) is 4. The Morgan fingerprint density at radius 3 is 2.32 bits per heavy atom. The highest BCUT2D eigenvalue weighted by atomic mass is 19.1. The van der Waals surface area contributed by atoms with Gasteiger partial charge < -0.3 is 9.47 Å². The van der Waals surface area contributed by atoms with E-state index in [1.54, 1.807) is 0 Å². The van der Waals surface area contributed by atoms with E-state index >= 15 is 0 Å². The lowest BCUT2D eigenvalue weighted by atomic mass is 9.94. The molecule has 0 amide bonds. The molecule has 4 fully saturated rings. The minimum Gasteiger partial charge on any atom is -0.380 e. The molecule has 0 aromatic rings. The highest BCUT2D eigenvalue weighted by Crippen LogP contribution is 2.42. The lowest BCUT2D eigenvalue weighted by Gasteiger charge is -2.32. The van der Waals surface area contributed by atoms with Gasteiger partial charge in [0.25, 0.3) is 0 Å². The van der Waals surface area contributed by atoms with Crippen molar-refractivity contribution >= 4 is 0 Å². The molecule has 0 spiro atoms. The molecule has 4 saturated heterocycles. The Labute approximate surface area is 170 Å². The first kappa shape index (κ1) is 21.9. The highest BCUT2D eigenvalue weighted by Gasteiger charge is 2.47. The third kappa shape index (κ3) is 4.69. The smallest absolute Gasteiger partial charge is 0.0872 e. The summed E-state index contributed by atoms with van der Waals surface area (Å²) in [7, 11) is 0. The summed E-state index contributed by atoms with van der Waals surface area (Å²) < 4.78 is 23.9. The first-order valence-corrected chi connectivity index (χ1v) is 11.1. The van der Waals surface area contributed by atoms with Crippen LogP contribution < -0.4 is 0 Å². The van der Waals surface area contributed by atoms with Gasteiger partial charge in [-0.3, -0.25) is 9.80 Å². The average Bonchev–Trinajstić information content (AvgIpc) is 3.36. The van der Waals surface area contributed by atoms with E-state index in [-0.39, 0.29) is 11.6 Å². The van der Waals surface area contributed by atoms with Crippen LogP contribution >= 0.6 is 0 Å². The zero-order valence-corrected chi connectivity index (χ0v) is 18.1. The van der Waals surface area contributed by atoms with Crippen molar-refractivity contribution in [2.75, 3.05) is 46.0 Å². The second-order valence-electron chi connectivity index (χ2n) is 9.37. The van der Waals surface area contributed by atoms with Gasteiger partial charge in [0.1, 0.15) is 0 Å². The second-order valence-corrected chi connectivity index (χ2v) is 9.37. The number of fused-ring (bicyclic) bond motifs is 2. The number of nitrogens with zero attached hydrogens (tertiary/aromatic N) is 2. The van der Waals surface area contributed by atoms with Gasteiger partial charge in [0.05, 0.1) is 25.6 Å². The van der Waals surface area contributed by atoms with Gasteiger partial charge in [0.15, 0.2) is 0 Å². The normalized spacial score (nSPS) is 34.2. The van der Waals surface area contributed by atoms with Crippen LogP contribution in [-0.4, -0.2) is 73.0 Å². The molecule has 0 saturated carbocycles. The third-order valence-corrected chi connectivity index (χ3v) is 6.84. The Hall–Kier alpha value is -0.750. The Balaban J connectivity index is 0.000000162. The summed E-state index contributed by atoms with van der Waals surface area (Å²) in [6.45, 7) is 17.0. The molecule has 0 unspecified atom stereocenters. The van der Waals surface area contributed by atoms with E-state index in [0.717, 1.165) is 70.6 Å². The van der Waals surface area contributed by atoms with Crippen LogP contribution in [0.25, 0.3) is 0 Å². The predicted octanol–water partition coefficient (Wildman–Crippen LogP) is 4.32. The van der Waals surface area contributed by atoms with E-state index in [4.69, 9.17) is 9.47 Å². The van der Waals surface area contributed by atoms with Crippen LogP contribution in [0.4, 0.5) is 4.39 Å². The van der Waals surface area contributed by atoms with E-state index in [2.05, 4.69) is 37.1 Å². The van der Waals surface area contributed by atoms with Crippen molar-refractivity contribution in [2.24, 2.45) is 0 Å². The van der Waals surface area contributed by atoms with Gasteiger partial charge >= 0.3 is 0 Å². The SMILES string of the molecule is C=C1CN2CCC[C@@]2(COCC)C1.CC(C)OC[C@@]12CCCN1C/C(=C\F)C2. The van der Waals surface area contributed by atoms with Crippen molar-refractivity contribution in [3.05, 3.63) is 24.1 Å². The summed E-state index contributed by atoms with van der Waals surface area (Å²) in [5.41, 5.74) is 2.77. The van der Waals surface area contributed by atoms with E-state index < -0.39 is 0 Å². The maximum atomic E-state index is 12.5. The number of hydrogen-bond donors (Lipinski definition) is 0. The van der Waals surface area contributed by atoms with Gasteiger partial charge in [0, 0.05) is 30.8 Å². The fourth-order valence-electron chi connectivity index (χ4n) is 5.51. The largest absolute Gasteiger partial charge is 0.380 e. The predicted molar refractivity (Wildman–Crippen MR) is 112 cm³/mol. The first-order valence-electron chi connectivity index (χ1n) is 11.1. The van der Waals surface area contributed by atoms with Crippen molar-refractivity contribution in [3.8, 4) is 0 Å². The maximum absolute atomic E-state index is 12.5. The summed E-state index contributed by atoms with van der Waals surface area (Å²) in [5.74, 6) is 0. The first-order chi connectivity index (χ1) is 13.4. The molecule has 0 aromatic heterocycles. The Morgan fingerprint density at radius 1 is 1.07 bits per heavy atom. The van der Waals surface area contributed by atoms with Crippen molar-refractivity contribution in [1.82, 2.24) is 9.80 Å². The topological polar surface area (TPSA) is 24.9 Å². The van der Waals surface area contributed by atoms with Crippen LogP contribution in [0, 0.1) is 0 Å². The minimum absolute atomic E-state index is 0.113. The van der Waals surface area contributed by atoms with Crippen LogP contribution in [0.2, 0.25) is 0 Å². The van der Waals surface area contributed by atoms with E-state index in [1.807, 2.05) is 0 Å². The molecule has 28 heavy (non-hydrogen) atoms. The number of rotatable bonds is 6. The van der Waals surface area contributed by atoms with Gasteiger partial charge in [-0.05, 0) is 78.0 Å². The average molecular weight is 395 g/mol. The fraction of sp³-hybridized carbons (Fsp3) is 0.826. The molecule has 0 aliphatic carbocycles. The molecule has 4 nitrogen and oxygen atoms in total. The third-order valence-electron chi connectivity index (χ3n) is 6.84. The van der Waals surface area contributed by atoms with Gasteiger partial charge in [-0.25, -0.2) is 4.39 Å². The monoisotopic (exact) mass is 394 g/mol. The molecule has 4 heterocycles.